The lowest BCUT2D eigenvalue weighted by atomic mass is 9.96. The number of hydrogen-bond acceptors (Lipinski definition) is 3. The van der Waals surface area contributed by atoms with Crippen LogP contribution in [0.1, 0.15) is 39.0 Å². The van der Waals surface area contributed by atoms with E-state index in [1.807, 2.05) is 0 Å². The van der Waals surface area contributed by atoms with Crippen LogP contribution in [0.25, 0.3) is 0 Å². The van der Waals surface area contributed by atoms with Crippen molar-refractivity contribution in [2.24, 2.45) is 0 Å². The fraction of sp³-hybridized carbons (Fsp3) is 0.857. The number of amides is 3. The highest BCUT2D eigenvalue weighted by atomic mass is 16.5. The molecule has 1 heterocycles. The van der Waals surface area contributed by atoms with Crippen LogP contribution in [0.3, 0.4) is 0 Å². The summed E-state index contributed by atoms with van der Waals surface area (Å²) in [5.74, 6) is -0.0351. The second-order valence-electron chi connectivity index (χ2n) is 5.61. The van der Waals surface area contributed by atoms with Gasteiger partial charge in [-0.1, -0.05) is 19.3 Å². The van der Waals surface area contributed by atoms with Crippen molar-refractivity contribution >= 4 is 11.9 Å². The average molecular weight is 283 g/mol. The first-order chi connectivity index (χ1) is 9.66. The summed E-state index contributed by atoms with van der Waals surface area (Å²) in [6.45, 7) is 4.10. The Kier molecular flexibility index (Phi) is 5.64. The van der Waals surface area contributed by atoms with E-state index in [0.29, 0.717) is 26.3 Å². The quantitative estimate of drug-likeness (QED) is 0.807. The summed E-state index contributed by atoms with van der Waals surface area (Å²) in [6, 6.07) is -0.461. The van der Waals surface area contributed by atoms with Gasteiger partial charge >= 0.3 is 6.03 Å². The van der Waals surface area contributed by atoms with E-state index in [2.05, 4.69) is 10.6 Å². The van der Waals surface area contributed by atoms with E-state index < -0.39 is 6.04 Å². The molecule has 1 aliphatic carbocycles. The van der Waals surface area contributed by atoms with E-state index >= 15 is 0 Å². The SMILES string of the molecule is CC(NC(=O)NC1CCCCC1)C(=O)N1CCOCC1. The summed E-state index contributed by atoms with van der Waals surface area (Å²) in [6.07, 6.45) is 5.69. The molecule has 1 unspecified atom stereocenters. The second kappa shape index (κ2) is 7.47. The first-order valence-electron chi connectivity index (χ1n) is 7.60. The minimum absolute atomic E-state index is 0.0351. The van der Waals surface area contributed by atoms with Gasteiger partial charge in [0.05, 0.1) is 13.2 Å². The average Bonchev–Trinajstić information content (AvgIpc) is 2.48. The van der Waals surface area contributed by atoms with Crippen molar-refractivity contribution in [1.29, 1.82) is 0 Å². The molecule has 1 saturated heterocycles. The molecule has 0 aromatic heterocycles. The molecule has 2 fully saturated rings. The Bertz CT molecular complexity index is 337. The molecule has 20 heavy (non-hydrogen) atoms. The van der Waals surface area contributed by atoms with E-state index in [1.54, 1.807) is 11.8 Å². The third kappa shape index (κ3) is 4.37. The normalized spacial score (nSPS) is 22.1. The van der Waals surface area contributed by atoms with Gasteiger partial charge in [-0.15, -0.1) is 0 Å². The van der Waals surface area contributed by atoms with Gasteiger partial charge in [-0.25, -0.2) is 4.79 Å². The van der Waals surface area contributed by atoms with Crippen molar-refractivity contribution in [1.82, 2.24) is 15.5 Å². The lowest BCUT2D eigenvalue weighted by Crippen LogP contribution is -2.53. The van der Waals surface area contributed by atoms with Crippen LogP contribution < -0.4 is 10.6 Å². The molecule has 2 aliphatic rings. The second-order valence-corrected chi connectivity index (χ2v) is 5.61. The van der Waals surface area contributed by atoms with Gasteiger partial charge in [0.25, 0.3) is 0 Å². The number of nitrogens with zero attached hydrogens (tertiary/aromatic N) is 1. The van der Waals surface area contributed by atoms with Crippen molar-refractivity contribution < 1.29 is 14.3 Å². The van der Waals surface area contributed by atoms with Crippen molar-refractivity contribution in [3.8, 4) is 0 Å². The summed E-state index contributed by atoms with van der Waals surface area (Å²) in [4.78, 5) is 25.8. The number of ether oxygens (including phenoxy) is 1. The zero-order valence-corrected chi connectivity index (χ0v) is 12.2. The molecule has 1 saturated carbocycles. The Morgan fingerprint density at radius 3 is 2.45 bits per heavy atom. The zero-order chi connectivity index (χ0) is 14.4. The number of carbonyl (C=O) groups is 2. The first-order valence-corrected chi connectivity index (χ1v) is 7.60. The first kappa shape index (κ1) is 15.1. The maximum Gasteiger partial charge on any atom is 0.315 e. The predicted octanol–water partition coefficient (Wildman–Crippen LogP) is 0.866. The van der Waals surface area contributed by atoms with Crippen molar-refractivity contribution in [3.63, 3.8) is 0 Å². The van der Waals surface area contributed by atoms with Crippen LogP contribution in [0, 0.1) is 0 Å². The van der Waals surface area contributed by atoms with Crippen molar-refractivity contribution in [2.75, 3.05) is 26.3 Å². The summed E-state index contributed by atoms with van der Waals surface area (Å²) in [7, 11) is 0. The van der Waals surface area contributed by atoms with Crippen LogP contribution >= 0.6 is 0 Å². The fourth-order valence-corrected chi connectivity index (χ4v) is 2.79. The summed E-state index contributed by atoms with van der Waals surface area (Å²) < 4.78 is 5.22. The van der Waals surface area contributed by atoms with Gasteiger partial charge in [0.1, 0.15) is 6.04 Å². The van der Waals surface area contributed by atoms with Gasteiger partial charge in [-0.05, 0) is 19.8 Å². The van der Waals surface area contributed by atoms with E-state index in [0.717, 1.165) is 12.8 Å². The third-order valence-corrected chi connectivity index (χ3v) is 3.98. The Morgan fingerprint density at radius 1 is 1.15 bits per heavy atom. The van der Waals surface area contributed by atoms with E-state index in [4.69, 9.17) is 4.74 Å². The Morgan fingerprint density at radius 2 is 1.80 bits per heavy atom. The zero-order valence-electron chi connectivity index (χ0n) is 12.2. The fourth-order valence-electron chi connectivity index (χ4n) is 2.79. The summed E-state index contributed by atoms with van der Waals surface area (Å²) in [5.41, 5.74) is 0. The van der Waals surface area contributed by atoms with Gasteiger partial charge in [0, 0.05) is 19.1 Å². The highest BCUT2D eigenvalue weighted by molar-refractivity contribution is 5.86. The topological polar surface area (TPSA) is 70.7 Å². The predicted molar refractivity (Wildman–Crippen MR) is 75.4 cm³/mol. The molecule has 6 heteroatoms. The molecule has 0 bridgehead atoms. The van der Waals surface area contributed by atoms with E-state index in [9.17, 15) is 9.59 Å². The minimum atomic E-state index is -0.489. The third-order valence-electron chi connectivity index (χ3n) is 3.98. The molecule has 2 N–H and O–H groups in total. The van der Waals surface area contributed by atoms with Crippen LogP contribution in [0.4, 0.5) is 4.79 Å². The molecule has 1 atom stereocenters. The molecule has 1 aliphatic heterocycles. The summed E-state index contributed by atoms with van der Waals surface area (Å²) in [5, 5.41) is 5.70. The van der Waals surface area contributed by atoms with Gasteiger partial charge in [-0.2, -0.15) is 0 Å². The van der Waals surface area contributed by atoms with Crippen LogP contribution in [-0.4, -0.2) is 55.2 Å². The molecular formula is C14H25N3O3. The molecule has 6 nitrogen and oxygen atoms in total. The molecule has 0 spiro atoms. The standard InChI is InChI=1S/C14H25N3O3/c1-11(13(18)17-7-9-20-10-8-17)15-14(19)16-12-5-3-2-4-6-12/h11-12H,2-10H2,1H3,(H2,15,16,19). The number of morpholine rings is 1. The smallest absolute Gasteiger partial charge is 0.315 e. The molecule has 0 radical (unpaired) electrons. The largest absolute Gasteiger partial charge is 0.378 e. The molecular weight excluding hydrogens is 258 g/mol. The molecule has 3 amide bonds. The maximum absolute atomic E-state index is 12.2. The Balaban J connectivity index is 1.73. The molecule has 0 aromatic carbocycles. The number of carbonyl (C=O) groups excluding carboxylic acids is 2. The number of hydrogen-bond donors (Lipinski definition) is 2. The van der Waals surface area contributed by atoms with E-state index in [1.165, 1.54) is 19.3 Å². The Labute approximate surface area is 120 Å². The van der Waals surface area contributed by atoms with Crippen LogP contribution in [-0.2, 0) is 9.53 Å². The van der Waals surface area contributed by atoms with Gasteiger partial charge in [0.15, 0.2) is 0 Å². The van der Waals surface area contributed by atoms with Gasteiger partial charge in [0.2, 0.25) is 5.91 Å². The highest BCUT2D eigenvalue weighted by Crippen LogP contribution is 2.17. The lowest BCUT2D eigenvalue weighted by Gasteiger charge is -2.30. The number of urea groups is 1. The van der Waals surface area contributed by atoms with Crippen molar-refractivity contribution in [3.05, 3.63) is 0 Å². The maximum atomic E-state index is 12.2. The summed E-state index contributed by atoms with van der Waals surface area (Å²) >= 11 is 0. The number of nitrogens with one attached hydrogen (secondary N) is 2. The van der Waals surface area contributed by atoms with E-state index in [-0.39, 0.29) is 18.0 Å². The number of rotatable bonds is 3. The van der Waals surface area contributed by atoms with Crippen molar-refractivity contribution in [2.45, 2.75) is 51.1 Å². The lowest BCUT2D eigenvalue weighted by molar-refractivity contribution is -0.136. The monoisotopic (exact) mass is 283 g/mol. The van der Waals surface area contributed by atoms with Crippen LogP contribution in [0.2, 0.25) is 0 Å². The highest BCUT2D eigenvalue weighted by Gasteiger charge is 2.24. The van der Waals surface area contributed by atoms with Crippen LogP contribution in [0.5, 0.6) is 0 Å². The Hall–Kier alpha value is -1.30. The minimum Gasteiger partial charge on any atom is -0.378 e. The van der Waals surface area contributed by atoms with Gasteiger partial charge in [-0.3, -0.25) is 4.79 Å². The molecule has 114 valence electrons. The molecule has 2 rings (SSSR count). The van der Waals surface area contributed by atoms with Gasteiger partial charge < -0.3 is 20.3 Å². The molecule has 0 aromatic rings. The van der Waals surface area contributed by atoms with Crippen LogP contribution in [0.15, 0.2) is 0 Å².